The van der Waals surface area contributed by atoms with Gasteiger partial charge in [-0.25, -0.2) is 4.98 Å². The maximum absolute atomic E-state index is 12.1. The number of rotatable bonds is 6. The van der Waals surface area contributed by atoms with E-state index in [4.69, 9.17) is 4.42 Å². The van der Waals surface area contributed by atoms with E-state index in [1.54, 1.807) is 13.8 Å². The van der Waals surface area contributed by atoms with Crippen molar-refractivity contribution in [3.63, 3.8) is 0 Å². The van der Waals surface area contributed by atoms with Gasteiger partial charge in [0.25, 0.3) is 5.56 Å². The topological polar surface area (TPSA) is 84.7 Å². The molecule has 0 unspecified atom stereocenters. The Morgan fingerprint density at radius 2 is 1.96 bits per heavy atom. The van der Waals surface area contributed by atoms with Crippen LogP contribution in [0.2, 0.25) is 0 Å². The lowest BCUT2D eigenvalue weighted by Crippen LogP contribution is -2.14. The molecule has 7 heteroatoms. The molecule has 3 rings (SSSR count). The lowest BCUT2D eigenvalue weighted by Gasteiger charge is -2.07. The Morgan fingerprint density at radius 1 is 1.17 bits per heavy atom. The van der Waals surface area contributed by atoms with E-state index in [0.29, 0.717) is 22.5 Å². The van der Waals surface area contributed by atoms with Gasteiger partial charge in [-0.2, -0.15) is 0 Å². The predicted octanol–water partition coefficient (Wildman–Crippen LogP) is 3.16. The van der Waals surface area contributed by atoms with E-state index in [9.17, 15) is 4.79 Å². The Kier molecular flexibility index (Phi) is 5.10. The first-order valence-corrected chi connectivity index (χ1v) is 8.70. The number of thioether (sulfide) groups is 1. The largest absolute Gasteiger partial charge is 0.426 e. The summed E-state index contributed by atoms with van der Waals surface area (Å²) in [6.07, 6.45) is 1.58. The first kappa shape index (κ1) is 16.4. The van der Waals surface area contributed by atoms with Crippen molar-refractivity contribution in [3.8, 4) is 11.3 Å². The normalized spacial score (nSPS) is 10.9. The van der Waals surface area contributed by atoms with E-state index in [2.05, 4.69) is 20.2 Å². The summed E-state index contributed by atoms with van der Waals surface area (Å²) < 4.78 is 5.34. The first-order chi connectivity index (χ1) is 11.6. The number of nitrogens with zero attached hydrogens (tertiary/aromatic N) is 3. The number of hydrogen-bond acceptors (Lipinski definition) is 6. The fraction of sp³-hybridized carbons (Fsp3) is 0.294. The highest BCUT2D eigenvalue weighted by atomic mass is 32.2. The monoisotopic (exact) mass is 342 g/mol. The van der Waals surface area contributed by atoms with Crippen molar-refractivity contribution in [2.45, 2.75) is 31.8 Å². The standard InChI is InChI=1S/C17H18N4O2S/c1-11-15(13-7-4-3-5-8-13)18-17(19-16(11)22)24-10-6-9-14-21-20-12(2)23-14/h3-5,7-8H,6,9-10H2,1-2H3,(H,18,19,22). The van der Waals surface area contributed by atoms with E-state index in [1.807, 2.05) is 30.3 Å². The number of aromatic nitrogens is 4. The molecule has 0 bridgehead atoms. The van der Waals surface area contributed by atoms with Crippen LogP contribution in [0.1, 0.15) is 23.8 Å². The van der Waals surface area contributed by atoms with Crippen molar-refractivity contribution >= 4 is 11.8 Å². The average molecular weight is 342 g/mol. The minimum atomic E-state index is -0.0983. The lowest BCUT2D eigenvalue weighted by atomic mass is 10.1. The number of H-pyrrole nitrogens is 1. The second kappa shape index (κ2) is 7.44. The number of aryl methyl sites for hydroxylation is 2. The van der Waals surface area contributed by atoms with E-state index in [1.165, 1.54) is 11.8 Å². The van der Waals surface area contributed by atoms with Gasteiger partial charge in [-0.1, -0.05) is 42.1 Å². The van der Waals surface area contributed by atoms with Gasteiger partial charge < -0.3 is 9.40 Å². The van der Waals surface area contributed by atoms with Gasteiger partial charge in [-0.3, -0.25) is 4.79 Å². The molecule has 1 aromatic carbocycles. The molecule has 2 aromatic heterocycles. The molecule has 0 atom stereocenters. The third-order valence-corrected chi connectivity index (χ3v) is 4.48. The van der Waals surface area contributed by atoms with Gasteiger partial charge >= 0.3 is 0 Å². The van der Waals surface area contributed by atoms with Crippen LogP contribution in [-0.2, 0) is 6.42 Å². The van der Waals surface area contributed by atoms with Crippen molar-refractivity contribution in [3.05, 3.63) is 58.0 Å². The van der Waals surface area contributed by atoms with E-state index in [0.717, 1.165) is 29.9 Å². The summed E-state index contributed by atoms with van der Waals surface area (Å²) in [5.41, 5.74) is 2.21. The third kappa shape index (κ3) is 3.91. The van der Waals surface area contributed by atoms with Crippen LogP contribution < -0.4 is 5.56 Å². The third-order valence-electron chi connectivity index (χ3n) is 3.52. The van der Waals surface area contributed by atoms with Crippen molar-refractivity contribution in [1.29, 1.82) is 0 Å². The van der Waals surface area contributed by atoms with E-state index < -0.39 is 0 Å². The zero-order chi connectivity index (χ0) is 16.9. The summed E-state index contributed by atoms with van der Waals surface area (Å²) in [5, 5.41) is 8.41. The quantitative estimate of drug-likeness (QED) is 0.421. The van der Waals surface area contributed by atoms with Crippen LogP contribution in [0.25, 0.3) is 11.3 Å². The summed E-state index contributed by atoms with van der Waals surface area (Å²) in [5.74, 6) is 2.03. The summed E-state index contributed by atoms with van der Waals surface area (Å²) in [7, 11) is 0. The fourth-order valence-corrected chi connectivity index (χ4v) is 3.09. The molecule has 0 amide bonds. The molecular formula is C17H18N4O2S. The Bertz CT molecular complexity index is 874. The van der Waals surface area contributed by atoms with Gasteiger partial charge in [-0.15, -0.1) is 10.2 Å². The zero-order valence-corrected chi connectivity index (χ0v) is 14.4. The molecule has 24 heavy (non-hydrogen) atoms. The van der Waals surface area contributed by atoms with Gasteiger partial charge in [0, 0.05) is 30.2 Å². The van der Waals surface area contributed by atoms with Crippen LogP contribution >= 0.6 is 11.8 Å². The Morgan fingerprint density at radius 3 is 2.67 bits per heavy atom. The lowest BCUT2D eigenvalue weighted by molar-refractivity contribution is 0.465. The van der Waals surface area contributed by atoms with Crippen LogP contribution in [0, 0.1) is 13.8 Å². The molecule has 2 heterocycles. The molecule has 0 fully saturated rings. The van der Waals surface area contributed by atoms with Crippen molar-refractivity contribution in [2.24, 2.45) is 0 Å². The molecule has 1 N–H and O–H groups in total. The van der Waals surface area contributed by atoms with Gasteiger partial charge in [0.15, 0.2) is 5.16 Å². The van der Waals surface area contributed by atoms with Crippen molar-refractivity contribution < 1.29 is 4.42 Å². The number of hydrogen-bond donors (Lipinski definition) is 1. The summed E-state index contributed by atoms with van der Waals surface area (Å²) in [6.45, 7) is 3.57. The molecule has 0 saturated carbocycles. The molecule has 0 aliphatic heterocycles. The van der Waals surface area contributed by atoms with E-state index >= 15 is 0 Å². The maximum atomic E-state index is 12.1. The summed E-state index contributed by atoms with van der Waals surface area (Å²) >= 11 is 1.52. The van der Waals surface area contributed by atoms with Gasteiger partial charge in [0.05, 0.1) is 5.69 Å². The number of benzene rings is 1. The SMILES string of the molecule is Cc1nnc(CCCSc2nc(-c3ccccc3)c(C)c(=O)[nH]2)o1. The highest BCUT2D eigenvalue weighted by Crippen LogP contribution is 2.22. The molecule has 0 aliphatic rings. The molecule has 0 radical (unpaired) electrons. The van der Waals surface area contributed by atoms with Gasteiger partial charge in [-0.05, 0) is 13.3 Å². The van der Waals surface area contributed by atoms with Crippen molar-refractivity contribution in [1.82, 2.24) is 20.2 Å². The average Bonchev–Trinajstić information content (AvgIpc) is 3.01. The molecule has 124 valence electrons. The zero-order valence-electron chi connectivity index (χ0n) is 13.6. The Balaban J connectivity index is 1.68. The highest BCUT2D eigenvalue weighted by Gasteiger charge is 2.10. The van der Waals surface area contributed by atoms with Gasteiger partial charge in [0.2, 0.25) is 11.8 Å². The second-order valence-electron chi connectivity index (χ2n) is 5.38. The van der Waals surface area contributed by atoms with Crippen LogP contribution in [0.5, 0.6) is 0 Å². The summed E-state index contributed by atoms with van der Waals surface area (Å²) in [6, 6.07) is 9.75. The maximum Gasteiger partial charge on any atom is 0.255 e. The minimum Gasteiger partial charge on any atom is -0.426 e. The summed E-state index contributed by atoms with van der Waals surface area (Å²) in [4.78, 5) is 19.6. The van der Waals surface area contributed by atoms with Crippen LogP contribution in [0.15, 0.2) is 44.7 Å². The van der Waals surface area contributed by atoms with Crippen LogP contribution in [0.4, 0.5) is 0 Å². The van der Waals surface area contributed by atoms with E-state index in [-0.39, 0.29) is 5.56 Å². The molecule has 6 nitrogen and oxygen atoms in total. The van der Waals surface area contributed by atoms with Crippen LogP contribution in [0.3, 0.4) is 0 Å². The molecule has 0 saturated heterocycles. The first-order valence-electron chi connectivity index (χ1n) is 7.71. The highest BCUT2D eigenvalue weighted by molar-refractivity contribution is 7.99. The second-order valence-corrected chi connectivity index (χ2v) is 6.46. The number of aromatic amines is 1. The number of nitrogens with one attached hydrogen (secondary N) is 1. The minimum absolute atomic E-state index is 0.0983. The molecule has 3 aromatic rings. The molecular weight excluding hydrogens is 324 g/mol. The smallest absolute Gasteiger partial charge is 0.255 e. The van der Waals surface area contributed by atoms with Gasteiger partial charge in [0.1, 0.15) is 0 Å². The molecule has 0 spiro atoms. The van der Waals surface area contributed by atoms with Crippen molar-refractivity contribution in [2.75, 3.05) is 5.75 Å². The fourth-order valence-electron chi connectivity index (χ4n) is 2.29. The predicted molar refractivity (Wildman–Crippen MR) is 93.1 cm³/mol. The Labute approximate surface area is 143 Å². The molecule has 0 aliphatic carbocycles. The van der Waals surface area contributed by atoms with Crippen LogP contribution in [-0.4, -0.2) is 25.9 Å². The Hall–Kier alpha value is -2.41.